The molecule has 0 aliphatic rings. The Morgan fingerprint density at radius 3 is 1.43 bits per heavy atom. The summed E-state index contributed by atoms with van der Waals surface area (Å²) in [6.45, 7) is 0. The van der Waals surface area contributed by atoms with Crippen molar-refractivity contribution >= 4 is 32.7 Å². The lowest BCUT2D eigenvalue weighted by atomic mass is 10.0. The molecule has 0 N–H and O–H groups in total. The molecule has 9 aromatic rings. The maximum absolute atomic E-state index is 5.25. The fraction of sp³-hybridized carbons (Fsp3) is 0. The third-order valence-electron chi connectivity index (χ3n) is 8.63. The Balaban J connectivity index is 1.26. The van der Waals surface area contributed by atoms with Crippen molar-refractivity contribution in [3.8, 4) is 51.1 Å². The van der Waals surface area contributed by atoms with Crippen molar-refractivity contribution in [2.75, 3.05) is 0 Å². The van der Waals surface area contributed by atoms with E-state index in [1.165, 1.54) is 10.8 Å². The van der Waals surface area contributed by atoms with Crippen LogP contribution in [0.4, 0.5) is 0 Å². The zero-order chi connectivity index (χ0) is 31.2. The highest BCUT2D eigenvalue weighted by Gasteiger charge is 2.21. The fourth-order valence-electron chi connectivity index (χ4n) is 6.46. The molecule has 0 atom stereocenters. The fourth-order valence-corrected chi connectivity index (χ4v) is 6.46. The van der Waals surface area contributed by atoms with Crippen molar-refractivity contribution in [1.29, 1.82) is 0 Å². The minimum atomic E-state index is 0.629. The molecule has 0 fully saturated rings. The van der Waals surface area contributed by atoms with E-state index in [2.05, 4.69) is 102 Å². The highest BCUT2D eigenvalue weighted by Crippen LogP contribution is 2.41. The molecule has 0 aliphatic heterocycles. The second-order valence-electron chi connectivity index (χ2n) is 11.5. The van der Waals surface area contributed by atoms with E-state index in [9.17, 15) is 0 Å². The van der Waals surface area contributed by atoms with Gasteiger partial charge in [0.2, 0.25) is 0 Å². The topological polar surface area (TPSA) is 56.5 Å². The highest BCUT2D eigenvalue weighted by atomic mass is 15.0. The van der Waals surface area contributed by atoms with Gasteiger partial charge < -0.3 is 4.57 Å². The summed E-state index contributed by atoms with van der Waals surface area (Å²) in [5, 5.41) is 3.53. The van der Waals surface area contributed by atoms with E-state index in [-0.39, 0.29) is 0 Å². The van der Waals surface area contributed by atoms with Gasteiger partial charge in [0.25, 0.3) is 0 Å². The van der Waals surface area contributed by atoms with Crippen LogP contribution in [0.3, 0.4) is 0 Å². The molecule has 0 spiro atoms. The molecule has 3 aromatic heterocycles. The second-order valence-corrected chi connectivity index (χ2v) is 11.5. The van der Waals surface area contributed by atoms with Gasteiger partial charge in [0.05, 0.1) is 22.2 Å². The Bertz CT molecular complexity index is 2480. The molecule has 0 saturated heterocycles. The first-order chi connectivity index (χ1) is 23.3. The van der Waals surface area contributed by atoms with Crippen LogP contribution < -0.4 is 0 Å². The standard InChI is InChI=1S/C42H27N5/c1-4-14-28(15-5-1)38-39-37(33-20-10-12-22-35(33)43-38)34-21-11-13-23-36(34)47(39)32-26-24-31(25-27-32)42-45-40(29-16-6-2-7-17-29)44-41(46-42)30-18-8-3-9-19-30/h1-27H. The number of fused-ring (bicyclic) bond motifs is 5. The molecule has 0 aliphatic carbocycles. The van der Waals surface area contributed by atoms with Gasteiger partial charge >= 0.3 is 0 Å². The molecule has 0 bridgehead atoms. The molecule has 47 heavy (non-hydrogen) atoms. The maximum Gasteiger partial charge on any atom is 0.164 e. The van der Waals surface area contributed by atoms with Crippen LogP contribution in [0.15, 0.2) is 164 Å². The van der Waals surface area contributed by atoms with E-state index in [0.29, 0.717) is 17.5 Å². The van der Waals surface area contributed by atoms with Crippen molar-refractivity contribution in [2.24, 2.45) is 0 Å². The van der Waals surface area contributed by atoms with Crippen LogP contribution in [0.5, 0.6) is 0 Å². The van der Waals surface area contributed by atoms with Crippen molar-refractivity contribution in [3.63, 3.8) is 0 Å². The molecular formula is C42H27N5. The van der Waals surface area contributed by atoms with E-state index in [1.54, 1.807) is 0 Å². The van der Waals surface area contributed by atoms with Crippen LogP contribution in [0.2, 0.25) is 0 Å². The van der Waals surface area contributed by atoms with Crippen LogP contribution in [-0.2, 0) is 0 Å². The van der Waals surface area contributed by atoms with Gasteiger partial charge in [0.15, 0.2) is 17.5 Å². The summed E-state index contributed by atoms with van der Waals surface area (Å²) in [7, 11) is 0. The largest absolute Gasteiger partial charge is 0.307 e. The number of para-hydroxylation sites is 2. The summed E-state index contributed by atoms with van der Waals surface area (Å²) in [5.41, 5.74) is 9.08. The van der Waals surface area contributed by atoms with Crippen molar-refractivity contribution in [1.82, 2.24) is 24.5 Å². The first-order valence-electron chi connectivity index (χ1n) is 15.7. The number of benzene rings is 6. The maximum atomic E-state index is 5.25. The average Bonchev–Trinajstić information content (AvgIpc) is 3.51. The minimum Gasteiger partial charge on any atom is -0.307 e. The lowest BCUT2D eigenvalue weighted by Gasteiger charge is -2.13. The number of hydrogen-bond donors (Lipinski definition) is 0. The Hall–Kier alpha value is -6.46. The summed E-state index contributed by atoms with van der Waals surface area (Å²) in [6, 6.07) is 56.1. The molecule has 3 heterocycles. The van der Waals surface area contributed by atoms with E-state index in [0.717, 1.165) is 55.6 Å². The second kappa shape index (κ2) is 11.2. The highest BCUT2D eigenvalue weighted by molar-refractivity contribution is 6.23. The molecule has 9 rings (SSSR count). The van der Waals surface area contributed by atoms with E-state index in [1.807, 2.05) is 66.7 Å². The van der Waals surface area contributed by atoms with Gasteiger partial charge in [-0.05, 0) is 36.4 Å². The monoisotopic (exact) mass is 601 g/mol. The van der Waals surface area contributed by atoms with Gasteiger partial charge in [-0.2, -0.15) is 0 Å². The molecule has 0 amide bonds. The molecule has 220 valence electrons. The summed E-state index contributed by atoms with van der Waals surface area (Å²) in [6.07, 6.45) is 0. The normalized spacial score (nSPS) is 11.4. The lowest BCUT2D eigenvalue weighted by molar-refractivity contribution is 1.07. The van der Waals surface area contributed by atoms with Crippen LogP contribution >= 0.6 is 0 Å². The number of nitrogens with zero attached hydrogens (tertiary/aromatic N) is 5. The van der Waals surface area contributed by atoms with Crippen LogP contribution in [-0.4, -0.2) is 24.5 Å². The third-order valence-corrected chi connectivity index (χ3v) is 8.63. The van der Waals surface area contributed by atoms with Crippen LogP contribution in [0.25, 0.3) is 83.8 Å². The third kappa shape index (κ3) is 4.64. The number of aromatic nitrogens is 5. The Morgan fingerprint density at radius 1 is 0.362 bits per heavy atom. The van der Waals surface area contributed by atoms with Crippen molar-refractivity contribution in [3.05, 3.63) is 164 Å². The summed E-state index contributed by atoms with van der Waals surface area (Å²) >= 11 is 0. The van der Waals surface area contributed by atoms with Gasteiger partial charge in [-0.25, -0.2) is 19.9 Å². The van der Waals surface area contributed by atoms with Crippen molar-refractivity contribution < 1.29 is 0 Å². The van der Waals surface area contributed by atoms with Gasteiger partial charge in [0, 0.05) is 44.1 Å². The average molecular weight is 602 g/mol. The summed E-state index contributed by atoms with van der Waals surface area (Å²) < 4.78 is 2.34. The number of rotatable bonds is 5. The van der Waals surface area contributed by atoms with E-state index >= 15 is 0 Å². The van der Waals surface area contributed by atoms with Gasteiger partial charge in [0.1, 0.15) is 0 Å². The predicted molar refractivity (Wildman–Crippen MR) is 191 cm³/mol. The van der Waals surface area contributed by atoms with Crippen LogP contribution in [0.1, 0.15) is 0 Å². The zero-order valence-electron chi connectivity index (χ0n) is 25.3. The molecular weight excluding hydrogens is 574 g/mol. The summed E-state index contributed by atoms with van der Waals surface area (Å²) in [4.78, 5) is 20.0. The lowest BCUT2D eigenvalue weighted by Crippen LogP contribution is -2.01. The Labute approximate surface area is 271 Å². The molecule has 5 heteroatoms. The zero-order valence-corrected chi connectivity index (χ0v) is 25.3. The molecule has 0 saturated carbocycles. The van der Waals surface area contributed by atoms with E-state index in [4.69, 9.17) is 19.9 Å². The molecule has 0 unspecified atom stereocenters. The number of pyridine rings is 1. The Morgan fingerprint density at radius 2 is 0.830 bits per heavy atom. The van der Waals surface area contributed by atoms with Crippen LogP contribution in [0, 0.1) is 0 Å². The molecule has 6 aromatic carbocycles. The summed E-state index contributed by atoms with van der Waals surface area (Å²) in [5.74, 6) is 1.92. The smallest absolute Gasteiger partial charge is 0.164 e. The van der Waals surface area contributed by atoms with Crippen molar-refractivity contribution in [2.45, 2.75) is 0 Å². The van der Waals surface area contributed by atoms with Gasteiger partial charge in [-0.15, -0.1) is 0 Å². The predicted octanol–water partition coefficient (Wildman–Crippen LogP) is 10.2. The number of hydrogen-bond acceptors (Lipinski definition) is 4. The molecule has 5 nitrogen and oxygen atoms in total. The van der Waals surface area contributed by atoms with E-state index < -0.39 is 0 Å². The molecule has 0 radical (unpaired) electrons. The first kappa shape index (κ1) is 26.9. The minimum absolute atomic E-state index is 0.629. The van der Waals surface area contributed by atoms with Gasteiger partial charge in [-0.3, -0.25) is 0 Å². The van der Waals surface area contributed by atoms with Gasteiger partial charge in [-0.1, -0.05) is 127 Å². The Kier molecular flexibility index (Phi) is 6.39. The quantitative estimate of drug-likeness (QED) is 0.197. The SMILES string of the molecule is c1ccc(-c2nc(-c3ccccc3)nc(-c3ccc(-n4c5ccccc5c5c6ccccc6nc(-c6ccccc6)c54)cc3)n2)cc1. The first-order valence-corrected chi connectivity index (χ1v) is 15.7.